The lowest BCUT2D eigenvalue weighted by Gasteiger charge is -2.31. The predicted molar refractivity (Wildman–Crippen MR) is 124 cm³/mol. The van der Waals surface area contributed by atoms with Crippen molar-refractivity contribution in [1.29, 1.82) is 0 Å². The molecule has 0 atom stereocenters. The van der Waals surface area contributed by atoms with E-state index in [1.165, 1.54) is 10.4 Å². The number of nitrogens with one attached hydrogen (secondary N) is 1. The maximum atomic E-state index is 13.0. The van der Waals surface area contributed by atoms with Gasteiger partial charge in [0.15, 0.2) is 0 Å². The van der Waals surface area contributed by atoms with Gasteiger partial charge in [0.25, 0.3) is 5.91 Å². The second kappa shape index (κ2) is 9.23. The summed E-state index contributed by atoms with van der Waals surface area (Å²) in [5.41, 5.74) is 2.56. The SMILES string of the molecule is CCc1c(C(=O)Nc2cccc(S(=O)(=O)N3CCN(C)CC3)c2)cnn1-c1ccccc1. The van der Waals surface area contributed by atoms with E-state index in [1.807, 2.05) is 44.3 Å². The number of para-hydroxylation sites is 1. The Morgan fingerprint density at radius 1 is 1.03 bits per heavy atom. The minimum Gasteiger partial charge on any atom is -0.322 e. The first-order chi connectivity index (χ1) is 15.4. The van der Waals surface area contributed by atoms with Crippen LogP contribution in [0.25, 0.3) is 5.69 Å². The highest BCUT2D eigenvalue weighted by molar-refractivity contribution is 7.89. The summed E-state index contributed by atoms with van der Waals surface area (Å²) in [4.78, 5) is 15.3. The molecule has 0 saturated carbocycles. The summed E-state index contributed by atoms with van der Waals surface area (Å²) < 4.78 is 29.3. The maximum absolute atomic E-state index is 13.0. The van der Waals surface area contributed by atoms with E-state index in [4.69, 9.17) is 0 Å². The van der Waals surface area contributed by atoms with Crippen LogP contribution in [0.2, 0.25) is 0 Å². The molecule has 1 saturated heterocycles. The van der Waals surface area contributed by atoms with Crippen LogP contribution in [0.1, 0.15) is 23.0 Å². The molecule has 0 spiro atoms. The zero-order valence-electron chi connectivity index (χ0n) is 18.2. The molecular weight excluding hydrogens is 426 g/mol. The molecule has 0 unspecified atom stereocenters. The molecule has 1 amide bonds. The highest BCUT2D eigenvalue weighted by Crippen LogP contribution is 2.22. The van der Waals surface area contributed by atoms with Crippen molar-refractivity contribution >= 4 is 21.6 Å². The number of piperazine rings is 1. The Kier molecular flexibility index (Phi) is 6.40. The second-order valence-electron chi connectivity index (χ2n) is 7.80. The maximum Gasteiger partial charge on any atom is 0.259 e. The van der Waals surface area contributed by atoms with Crippen LogP contribution in [0.3, 0.4) is 0 Å². The summed E-state index contributed by atoms with van der Waals surface area (Å²) >= 11 is 0. The van der Waals surface area contributed by atoms with Crippen LogP contribution in [0.5, 0.6) is 0 Å². The molecule has 8 nitrogen and oxygen atoms in total. The third-order valence-corrected chi connectivity index (χ3v) is 7.54. The number of likely N-dealkylation sites (N-methyl/N-ethyl adjacent to an activating group) is 1. The van der Waals surface area contributed by atoms with Crippen LogP contribution in [0.4, 0.5) is 5.69 Å². The minimum absolute atomic E-state index is 0.176. The Morgan fingerprint density at radius 3 is 2.44 bits per heavy atom. The summed E-state index contributed by atoms with van der Waals surface area (Å²) in [6.45, 7) is 4.26. The topological polar surface area (TPSA) is 87.5 Å². The van der Waals surface area contributed by atoms with Crippen molar-refractivity contribution < 1.29 is 13.2 Å². The Hall–Kier alpha value is -3.01. The van der Waals surface area contributed by atoms with Gasteiger partial charge in [-0.05, 0) is 43.8 Å². The molecule has 2 heterocycles. The van der Waals surface area contributed by atoms with Crippen molar-refractivity contribution in [1.82, 2.24) is 19.0 Å². The summed E-state index contributed by atoms with van der Waals surface area (Å²) in [5.74, 6) is -0.321. The number of aromatic nitrogens is 2. The van der Waals surface area contributed by atoms with Crippen LogP contribution < -0.4 is 5.32 Å². The number of rotatable bonds is 6. The fraction of sp³-hybridized carbons (Fsp3) is 0.304. The van der Waals surface area contributed by atoms with Gasteiger partial charge in [-0.2, -0.15) is 9.40 Å². The van der Waals surface area contributed by atoms with Crippen LogP contribution >= 0.6 is 0 Å². The summed E-state index contributed by atoms with van der Waals surface area (Å²) in [6, 6.07) is 16.0. The quantitative estimate of drug-likeness (QED) is 0.620. The van der Waals surface area contributed by atoms with Crippen molar-refractivity contribution in [2.45, 2.75) is 18.2 Å². The Balaban J connectivity index is 1.56. The van der Waals surface area contributed by atoms with Crippen molar-refractivity contribution in [2.24, 2.45) is 0 Å². The Labute approximate surface area is 188 Å². The van der Waals surface area contributed by atoms with Crippen molar-refractivity contribution in [3.05, 3.63) is 72.1 Å². The highest BCUT2D eigenvalue weighted by Gasteiger charge is 2.27. The molecule has 9 heteroatoms. The molecule has 4 rings (SSSR count). The lowest BCUT2D eigenvalue weighted by atomic mass is 10.2. The Bertz CT molecular complexity index is 1200. The minimum atomic E-state index is -3.61. The summed E-state index contributed by atoms with van der Waals surface area (Å²) in [7, 11) is -1.64. The van der Waals surface area contributed by atoms with Gasteiger partial charge in [0.05, 0.1) is 28.0 Å². The number of hydrogen-bond donors (Lipinski definition) is 1. The third kappa shape index (κ3) is 4.45. The molecule has 168 valence electrons. The lowest BCUT2D eigenvalue weighted by molar-refractivity contribution is 0.102. The summed E-state index contributed by atoms with van der Waals surface area (Å²) in [5, 5.41) is 7.23. The molecule has 0 radical (unpaired) electrons. The third-order valence-electron chi connectivity index (χ3n) is 5.64. The van der Waals surface area contributed by atoms with Crippen LogP contribution in [-0.4, -0.2) is 66.5 Å². The average Bonchev–Trinajstić information content (AvgIpc) is 3.24. The zero-order chi connectivity index (χ0) is 22.7. The number of nitrogens with zero attached hydrogens (tertiary/aromatic N) is 4. The first-order valence-corrected chi connectivity index (χ1v) is 12.1. The largest absolute Gasteiger partial charge is 0.322 e. The molecule has 0 bridgehead atoms. The van der Waals surface area contributed by atoms with Gasteiger partial charge in [0.1, 0.15) is 0 Å². The number of sulfonamides is 1. The van der Waals surface area contributed by atoms with Gasteiger partial charge in [0, 0.05) is 31.9 Å². The fourth-order valence-electron chi connectivity index (χ4n) is 3.81. The average molecular weight is 454 g/mol. The van der Waals surface area contributed by atoms with Crippen LogP contribution in [-0.2, 0) is 16.4 Å². The molecule has 0 aliphatic carbocycles. The van der Waals surface area contributed by atoms with Gasteiger partial charge < -0.3 is 10.2 Å². The van der Waals surface area contributed by atoms with E-state index in [9.17, 15) is 13.2 Å². The molecule has 1 aliphatic heterocycles. The van der Waals surface area contributed by atoms with E-state index in [0.29, 0.717) is 43.9 Å². The molecule has 3 aromatic rings. The van der Waals surface area contributed by atoms with Crippen LogP contribution in [0, 0.1) is 0 Å². The van der Waals surface area contributed by atoms with Gasteiger partial charge >= 0.3 is 0 Å². The molecule has 1 aromatic heterocycles. The number of carbonyl (C=O) groups excluding carboxylic acids is 1. The van der Waals surface area contributed by atoms with Gasteiger partial charge in [-0.15, -0.1) is 0 Å². The first kappa shape index (κ1) is 22.2. The van der Waals surface area contributed by atoms with E-state index in [1.54, 1.807) is 29.1 Å². The molecule has 1 aliphatic rings. The van der Waals surface area contributed by atoms with Crippen molar-refractivity contribution in [3.63, 3.8) is 0 Å². The Morgan fingerprint density at radius 2 is 1.75 bits per heavy atom. The monoisotopic (exact) mass is 453 g/mol. The van der Waals surface area contributed by atoms with E-state index >= 15 is 0 Å². The van der Waals surface area contributed by atoms with Gasteiger partial charge in [-0.25, -0.2) is 13.1 Å². The number of amides is 1. The zero-order valence-corrected chi connectivity index (χ0v) is 19.0. The van der Waals surface area contributed by atoms with E-state index < -0.39 is 10.0 Å². The molecule has 32 heavy (non-hydrogen) atoms. The van der Waals surface area contributed by atoms with E-state index in [-0.39, 0.29) is 10.8 Å². The molecular formula is C23H27N5O3S. The standard InChI is InChI=1S/C23H27N5O3S/c1-3-22-21(17-24-28(22)19-9-5-4-6-10-19)23(29)25-18-8-7-11-20(16-18)32(30,31)27-14-12-26(2)13-15-27/h4-11,16-17H,3,12-15H2,1-2H3,(H,25,29). The highest BCUT2D eigenvalue weighted by atomic mass is 32.2. The second-order valence-corrected chi connectivity index (χ2v) is 9.73. The molecule has 1 fully saturated rings. The van der Waals surface area contributed by atoms with Crippen molar-refractivity contribution in [3.8, 4) is 5.69 Å². The first-order valence-electron chi connectivity index (χ1n) is 10.6. The number of carbonyl (C=O) groups is 1. The molecule has 1 N–H and O–H groups in total. The summed E-state index contributed by atoms with van der Waals surface area (Å²) in [6.07, 6.45) is 2.17. The van der Waals surface area contributed by atoms with E-state index in [0.717, 1.165) is 11.4 Å². The lowest BCUT2D eigenvalue weighted by Crippen LogP contribution is -2.47. The number of anilines is 1. The van der Waals surface area contributed by atoms with Gasteiger partial charge in [-0.1, -0.05) is 31.2 Å². The van der Waals surface area contributed by atoms with Crippen LogP contribution in [0.15, 0.2) is 65.7 Å². The fourth-order valence-corrected chi connectivity index (χ4v) is 5.27. The van der Waals surface area contributed by atoms with Gasteiger partial charge in [-0.3, -0.25) is 4.79 Å². The number of hydrogen-bond acceptors (Lipinski definition) is 5. The predicted octanol–water partition coefficient (Wildman–Crippen LogP) is 2.62. The van der Waals surface area contributed by atoms with Gasteiger partial charge in [0.2, 0.25) is 10.0 Å². The van der Waals surface area contributed by atoms with Crippen molar-refractivity contribution in [2.75, 3.05) is 38.5 Å². The van der Waals surface area contributed by atoms with E-state index in [2.05, 4.69) is 15.3 Å². The smallest absolute Gasteiger partial charge is 0.259 e. The molecule has 2 aromatic carbocycles. The normalized spacial score (nSPS) is 15.6. The number of benzene rings is 2.